The molecule has 1 aliphatic rings. The van der Waals surface area contributed by atoms with Crippen LogP contribution in [0.25, 0.3) is 0 Å². The number of carbonyl (C=O) groups excluding carboxylic acids is 2. The monoisotopic (exact) mass is 439 g/mol. The van der Waals surface area contributed by atoms with Crippen LogP contribution in [0.4, 0.5) is 0 Å². The molecule has 9 heteroatoms. The van der Waals surface area contributed by atoms with Crippen molar-refractivity contribution in [1.82, 2.24) is 15.8 Å². The molecule has 1 saturated carbocycles. The van der Waals surface area contributed by atoms with Gasteiger partial charge in [0.1, 0.15) is 6.79 Å². The topological polar surface area (TPSA) is 110 Å². The summed E-state index contributed by atoms with van der Waals surface area (Å²) in [5.41, 5.74) is 1.74. The molecule has 3 N–H and O–H groups in total. The van der Waals surface area contributed by atoms with Gasteiger partial charge >= 0.3 is 0 Å². The number of rotatable bonds is 12. The van der Waals surface area contributed by atoms with Crippen molar-refractivity contribution in [3.63, 3.8) is 0 Å². The molecule has 1 aliphatic carbocycles. The molecule has 1 aromatic rings. The van der Waals surface area contributed by atoms with E-state index in [1.165, 1.54) is 11.8 Å². The first-order valence-electron chi connectivity index (χ1n) is 10.5. The van der Waals surface area contributed by atoms with Gasteiger partial charge in [-0.05, 0) is 57.1 Å². The summed E-state index contributed by atoms with van der Waals surface area (Å²) < 4.78 is 10.8. The number of nitrogens with one attached hydrogen (secondary N) is 2. The van der Waals surface area contributed by atoms with Gasteiger partial charge in [0.25, 0.3) is 5.91 Å². The Labute approximate surface area is 182 Å². The van der Waals surface area contributed by atoms with E-state index >= 15 is 0 Å². The van der Waals surface area contributed by atoms with Gasteiger partial charge in [-0.15, -0.1) is 11.8 Å². The second-order valence-electron chi connectivity index (χ2n) is 7.64. The molecule has 30 heavy (non-hydrogen) atoms. The van der Waals surface area contributed by atoms with Crippen LogP contribution in [0.1, 0.15) is 46.0 Å². The zero-order valence-electron chi connectivity index (χ0n) is 17.7. The van der Waals surface area contributed by atoms with Gasteiger partial charge in [-0.3, -0.25) is 19.8 Å². The molecular weight excluding hydrogens is 406 g/mol. The highest BCUT2D eigenvalue weighted by molar-refractivity contribution is 8.00. The van der Waals surface area contributed by atoms with Crippen LogP contribution in [0.2, 0.25) is 0 Å². The Morgan fingerprint density at radius 2 is 1.93 bits per heavy atom. The lowest BCUT2D eigenvalue weighted by atomic mass is 9.82. The zero-order valence-corrected chi connectivity index (χ0v) is 18.5. The number of pyridine rings is 1. The molecule has 1 aromatic heterocycles. The Hall–Kier alpha value is -1.68. The van der Waals surface area contributed by atoms with Crippen LogP contribution >= 0.6 is 11.8 Å². The molecule has 1 heterocycles. The molecule has 2 amide bonds. The standard InChI is InChI=1S/C21H33N3O5S/c1-3-28-14-29-13-17(23-20(25)16-6-4-15(2)5-7-16)12-19(21(26)24-27)30-18-8-10-22-11-9-18/h8-11,15-17,19,27H,3-7,12-14H2,1-2H3,(H,23,25)(H,24,26)/t15-,16-,17-,19-/m0/s1. The predicted molar refractivity (Wildman–Crippen MR) is 114 cm³/mol. The highest BCUT2D eigenvalue weighted by Gasteiger charge is 2.29. The van der Waals surface area contributed by atoms with E-state index < -0.39 is 11.2 Å². The minimum absolute atomic E-state index is 0.00368. The first-order valence-corrected chi connectivity index (χ1v) is 11.4. The Morgan fingerprint density at radius 3 is 2.57 bits per heavy atom. The number of aromatic nitrogens is 1. The number of nitrogens with zero attached hydrogens (tertiary/aromatic N) is 1. The van der Waals surface area contributed by atoms with Crippen molar-refractivity contribution in [2.45, 2.75) is 62.1 Å². The normalized spacial score (nSPS) is 20.9. The van der Waals surface area contributed by atoms with Crippen molar-refractivity contribution in [1.29, 1.82) is 0 Å². The van der Waals surface area contributed by atoms with Gasteiger partial charge in [-0.1, -0.05) is 6.92 Å². The number of carbonyl (C=O) groups is 2. The number of ether oxygens (including phenoxy) is 2. The quantitative estimate of drug-likeness (QED) is 0.151. The summed E-state index contributed by atoms with van der Waals surface area (Å²) in [5, 5.41) is 11.6. The van der Waals surface area contributed by atoms with E-state index in [4.69, 9.17) is 9.47 Å². The van der Waals surface area contributed by atoms with Gasteiger partial charge in [0.15, 0.2) is 0 Å². The van der Waals surface area contributed by atoms with Crippen LogP contribution < -0.4 is 10.8 Å². The fraction of sp³-hybridized carbons (Fsp3) is 0.667. The van der Waals surface area contributed by atoms with Crippen LogP contribution in [0.5, 0.6) is 0 Å². The van der Waals surface area contributed by atoms with Crippen molar-refractivity contribution >= 4 is 23.6 Å². The van der Waals surface area contributed by atoms with E-state index in [-0.39, 0.29) is 31.3 Å². The van der Waals surface area contributed by atoms with E-state index in [1.54, 1.807) is 30.0 Å². The summed E-state index contributed by atoms with van der Waals surface area (Å²) >= 11 is 1.31. The molecule has 8 nitrogen and oxygen atoms in total. The van der Waals surface area contributed by atoms with Gasteiger partial charge in [0.05, 0.1) is 17.9 Å². The van der Waals surface area contributed by atoms with Crippen molar-refractivity contribution in [2.75, 3.05) is 20.0 Å². The number of hydroxylamine groups is 1. The van der Waals surface area contributed by atoms with E-state index in [0.29, 0.717) is 18.9 Å². The SMILES string of the molecule is CCOCOC[C@H](C[C@H](Sc1ccncc1)C(=O)NO)NC(=O)[C@H]1CC[C@H](C)CC1. The highest BCUT2D eigenvalue weighted by atomic mass is 32.2. The number of hydrogen-bond acceptors (Lipinski definition) is 7. The fourth-order valence-electron chi connectivity index (χ4n) is 3.46. The maximum Gasteiger partial charge on any atom is 0.256 e. The Morgan fingerprint density at radius 1 is 1.23 bits per heavy atom. The van der Waals surface area contributed by atoms with E-state index in [1.807, 2.05) is 6.92 Å². The molecule has 0 radical (unpaired) electrons. The maximum atomic E-state index is 12.8. The van der Waals surface area contributed by atoms with Crippen molar-refractivity contribution in [3.05, 3.63) is 24.5 Å². The second kappa shape index (κ2) is 13.6. The first-order chi connectivity index (χ1) is 14.5. The summed E-state index contributed by atoms with van der Waals surface area (Å²) in [6.45, 7) is 4.97. The van der Waals surface area contributed by atoms with Crippen LogP contribution in [0, 0.1) is 11.8 Å². The smallest absolute Gasteiger partial charge is 0.256 e. The minimum Gasteiger partial charge on any atom is -0.356 e. The van der Waals surface area contributed by atoms with E-state index in [9.17, 15) is 14.8 Å². The number of amides is 2. The van der Waals surface area contributed by atoms with Gasteiger partial charge in [0, 0.05) is 29.8 Å². The predicted octanol–water partition coefficient (Wildman–Crippen LogP) is 2.76. The van der Waals surface area contributed by atoms with Crippen LogP contribution in [0.3, 0.4) is 0 Å². The van der Waals surface area contributed by atoms with Crippen LogP contribution in [-0.4, -0.2) is 53.3 Å². The molecule has 1 fully saturated rings. The van der Waals surface area contributed by atoms with Crippen molar-refractivity contribution in [2.24, 2.45) is 11.8 Å². The number of hydrogen-bond donors (Lipinski definition) is 3. The lowest BCUT2D eigenvalue weighted by molar-refractivity contribution is -0.131. The molecule has 0 unspecified atom stereocenters. The third-order valence-corrected chi connectivity index (χ3v) is 6.49. The Kier molecular flexibility index (Phi) is 11.1. The van der Waals surface area contributed by atoms with Crippen LogP contribution in [0.15, 0.2) is 29.4 Å². The first kappa shape index (κ1) is 24.6. The molecule has 0 spiro atoms. The maximum absolute atomic E-state index is 12.8. The second-order valence-corrected chi connectivity index (χ2v) is 8.92. The summed E-state index contributed by atoms with van der Waals surface area (Å²) in [4.78, 5) is 29.9. The average molecular weight is 440 g/mol. The largest absolute Gasteiger partial charge is 0.356 e. The lowest BCUT2D eigenvalue weighted by Crippen LogP contribution is -2.45. The molecule has 0 bridgehead atoms. The third kappa shape index (κ3) is 8.59. The van der Waals surface area contributed by atoms with Gasteiger partial charge < -0.3 is 14.8 Å². The highest BCUT2D eigenvalue weighted by Crippen LogP contribution is 2.29. The summed E-state index contributed by atoms with van der Waals surface area (Å²) in [6.07, 6.45) is 7.46. The molecule has 168 valence electrons. The number of thioether (sulfide) groups is 1. The minimum atomic E-state index is -0.607. The molecule has 2 atom stereocenters. The third-order valence-electron chi connectivity index (χ3n) is 5.25. The lowest BCUT2D eigenvalue weighted by Gasteiger charge is -2.28. The summed E-state index contributed by atoms with van der Waals surface area (Å²) in [7, 11) is 0. The van der Waals surface area contributed by atoms with Crippen molar-refractivity contribution < 1.29 is 24.3 Å². The van der Waals surface area contributed by atoms with E-state index in [2.05, 4.69) is 17.2 Å². The van der Waals surface area contributed by atoms with Gasteiger partial charge in [-0.2, -0.15) is 0 Å². The van der Waals surface area contributed by atoms with Crippen molar-refractivity contribution in [3.8, 4) is 0 Å². The molecule has 0 aliphatic heterocycles. The summed E-state index contributed by atoms with van der Waals surface area (Å²) in [6, 6.07) is 3.21. The molecule has 2 rings (SSSR count). The molecule has 0 aromatic carbocycles. The van der Waals surface area contributed by atoms with E-state index in [0.717, 1.165) is 30.6 Å². The average Bonchev–Trinajstić information content (AvgIpc) is 2.76. The van der Waals surface area contributed by atoms with Gasteiger partial charge in [-0.25, -0.2) is 5.48 Å². The zero-order chi connectivity index (χ0) is 21.8. The molecule has 0 saturated heterocycles. The van der Waals surface area contributed by atoms with Crippen LogP contribution in [-0.2, 0) is 19.1 Å². The van der Waals surface area contributed by atoms with Gasteiger partial charge in [0.2, 0.25) is 5.91 Å². The fourth-order valence-corrected chi connectivity index (χ4v) is 4.56. The Balaban J connectivity index is 2.02. The summed E-state index contributed by atoms with van der Waals surface area (Å²) in [5.74, 6) is 0.138. The molecular formula is C21H33N3O5S. The Bertz CT molecular complexity index is 641.